The molecule has 23 heavy (non-hydrogen) atoms. The third-order valence-corrected chi connectivity index (χ3v) is 3.95. The van der Waals surface area contributed by atoms with E-state index in [1.54, 1.807) is 18.2 Å². The minimum Gasteiger partial charge on any atom is -0.508 e. The maximum atomic E-state index is 12.3. The molecule has 0 amide bonds. The van der Waals surface area contributed by atoms with E-state index in [0.717, 1.165) is 11.1 Å². The molecule has 0 aliphatic rings. The Morgan fingerprint density at radius 1 is 1.04 bits per heavy atom. The number of hydrogen-bond donors (Lipinski definition) is 1. The van der Waals surface area contributed by atoms with Gasteiger partial charge in [0.05, 0.1) is 19.0 Å². The van der Waals surface area contributed by atoms with Crippen molar-refractivity contribution in [2.45, 2.75) is 13.8 Å². The third kappa shape index (κ3) is 5.59. The first-order valence-corrected chi connectivity index (χ1v) is 7.98. The summed E-state index contributed by atoms with van der Waals surface area (Å²) in [5.74, 6) is 1.52. The van der Waals surface area contributed by atoms with Crippen LogP contribution in [0, 0.1) is 0 Å². The van der Waals surface area contributed by atoms with Gasteiger partial charge in [0.2, 0.25) is 0 Å². The summed E-state index contributed by atoms with van der Waals surface area (Å²) < 4.78 is 11.1. The predicted molar refractivity (Wildman–Crippen MR) is 87.8 cm³/mol. The number of phenols is 1. The molecule has 1 N–H and O–H groups in total. The Hall–Kier alpha value is -1.46. The minimum atomic E-state index is -0.0508. The van der Waals surface area contributed by atoms with E-state index in [1.165, 1.54) is 12.1 Å². The van der Waals surface area contributed by atoms with Gasteiger partial charge in [-0.15, -0.1) is 0 Å². The van der Waals surface area contributed by atoms with Gasteiger partial charge in [0.15, 0.2) is 0 Å². The van der Waals surface area contributed by atoms with E-state index < -0.39 is 0 Å². The second-order valence-corrected chi connectivity index (χ2v) is 5.57. The van der Waals surface area contributed by atoms with Crippen LogP contribution in [-0.4, -0.2) is 23.8 Å². The Labute approximate surface area is 150 Å². The van der Waals surface area contributed by atoms with E-state index in [2.05, 4.69) is 0 Å². The summed E-state index contributed by atoms with van der Waals surface area (Å²) in [5, 5.41) is 10.1. The van der Waals surface area contributed by atoms with Crippen LogP contribution in [0.2, 0.25) is 0 Å². The number of hydrogen-bond acceptors (Lipinski definition) is 4. The van der Waals surface area contributed by atoms with Crippen molar-refractivity contribution >= 4 is 19.4 Å². The molecule has 4 nitrogen and oxygen atoms in total. The van der Waals surface area contributed by atoms with Crippen LogP contribution in [0.15, 0.2) is 42.5 Å². The van der Waals surface area contributed by atoms with E-state index in [0.29, 0.717) is 33.1 Å². The van der Waals surface area contributed by atoms with Crippen molar-refractivity contribution in [3.05, 3.63) is 48.0 Å². The van der Waals surface area contributed by atoms with Gasteiger partial charge in [-0.05, 0) is 37.6 Å². The maximum absolute atomic E-state index is 12.3. The van der Waals surface area contributed by atoms with Gasteiger partial charge in [0, 0.05) is 11.6 Å². The van der Waals surface area contributed by atoms with Gasteiger partial charge in [0.1, 0.15) is 11.5 Å². The number of ether oxygens (including phenoxy) is 2. The van der Waals surface area contributed by atoms with Gasteiger partial charge >= 0.3 is 18.9 Å². The predicted octanol–water partition coefficient (Wildman–Crippen LogP) is 0.605. The first kappa shape index (κ1) is 19.6. The second kappa shape index (κ2) is 9.63. The van der Waals surface area contributed by atoms with Crippen molar-refractivity contribution in [2.24, 2.45) is 0 Å². The van der Waals surface area contributed by atoms with Crippen molar-refractivity contribution in [2.75, 3.05) is 13.2 Å². The van der Waals surface area contributed by atoms with Crippen LogP contribution >= 0.6 is 8.58 Å². The molecule has 116 valence electrons. The minimum absolute atomic E-state index is 0. The fourth-order valence-electron chi connectivity index (χ4n) is 1.89. The van der Waals surface area contributed by atoms with E-state index in [1.807, 2.05) is 26.0 Å². The smallest absolute Gasteiger partial charge is 0.508 e. The van der Waals surface area contributed by atoms with Gasteiger partial charge in [-0.2, -0.15) is 5.30 Å². The van der Waals surface area contributed by atoms with Crippen molar-refractivity contribution in [3.8, 4) is 17.2 Å². The van der Waals surface area contributed by atoms with Gasteiger partial charge in [-0.25, -0.2) is 0 Å². The van der Waals surface area contributed by atoms with Crippen molar-refractivity contribution in [3.63, 3.8) is 0 Å². The number of aromatic hydroxyl groups is 1. The first-order valence-electron chi connectivity index (χ1n) is 7.08. The fourth-order valence-corrected chi connectivity index (χ4v) is 2.78. The van der Waals surface area contributed by atoms with Crippen molar-refractivity contribution in [1.29, 1.82) is 0 Å². The summed E-state index contributed by atoms with van der Waals surface area (Å²) in [6.45, 7) is 4.91. The summed E-state index contributed by atoms with van der Waals surface area (Å²) in [5.41, 5.74) is 0.501. The van der Waals surface area contributed by atoms with Crippen LogP contribution in [0.4, 0.5) is 0 Å². The molecule has 0 aliphatic carbocycles. The average Bonchev–Trinajstić information content (AvgIpc) is 2.51. The molecular formula is C17H18LiO4P. The Morgan fingerprint density at radius 2 is 1.70 bits per heavy atom. The van der Waals surface area contributed by atoms with E-state index in [4.69, 9.17) is 9.47 Å². The summed E-state index contributed by atoms with van der Waals surface area (Å²) in [4.78, 5) is 12.3. The SMILES string of the molecule is CCOc1ccc([P-]C(=O)c2ccc(O)cc2)c(OCC)c1.[Li+]. The molecule has 0 radical (unpaired) electrons. The summed E-state index contributed by atoms with van der Waals surface area (Å²) >= 11 is 0. The molecule has 6 heteroatoms. The summed E-state index contributed by atoms with van der Waals surface area (Å²) in [6.07, 6.45) is 0. The van der Waals surface area contributed by atoms with Gasteiger partial charge in [0.25, 0.3) is 0 Å². The van der Waals surface area contributed by atoms with Crippen LogP contribution in [0.1, 0.15) is 24.2 Å². The molecule has 0 aliphatic heterocycles. The third-order valence-electron chi connectivity index (χ3n) is 2.88. The molecule has 0 bridgehead atoms. The zero-order chi connectivity index (χ0) is 15.9. The number of rotatable bonds is 7. The molecule has 0 heterocycles. The molecule has 0 atom stereocenters. The number of carbonyl (C=O) groups excluding carboxylic acids is 1. The van der Waals surface area contributed by atoms with Crippen LogP contribution in [-0.2, 0) is 0 Å². The monoisotopic (exact) mass is 324 g/mol. The molecule has 0 fully saturated rings. The number of carbonyl (C=O) groups is 1. The second-order valence-electron chi connectivity index (χ2n) is 4.46. The number of phenolic OH excluding ortho intramolecular Hbond substituents is 1. The molecule has 0 spiro atoms. The Kier molecular flexibility index (Phi) is 8.20. The topological polar surface area (TPSA) is 55.8 Å². The fraction of sp³-hybridized carbons (Fsp3) is 0.235. The zero-order valence-corrected chi connectivity index (χ0v) is 14.5. The van der Waals surface area contributed by atoms with Crippen molar-refractivity contribution < 1.29 is 38.2 Å². The molecule has 0 saturated heterocycles. The summed E-state index contributed by atoms with van der Waals surface area (Å²) in [6, 6.07) is 11.7. The average molecular weight is 324 g/mol. The number of benzene rings is 2. The molecule has 0 aromatic heterocycles. The molecular weight excluding hydrogens is 306 g/mol. The van der Waals surface area contributed by atoms with Gasteiger partial charge in [-0.3, -0.25) is 0 Å². The van der Waals surface area contributed by atoms with Crippen molar-refractivity contribution in [1.82, 2.24) is 0 Å². The Morgan fingerprint density at radius 3 is 2.30 bits per heavy atom. The molecule has 2 aromatic carbocycles. The van der Waals surface area contributed by atoms with Crippen LogP contribution in [0.5, 0.6) is 17.2 Å². The van der Waals surface area contributed by atoms with E-state index in [-0.39, 0.29) is 30.1 Å². The first-order chi connectivity index (χ1) is 10.6. The maximum Gasteiger partial charge on any atom is 1.00 e. The van der Waals surface area contributed by atoms with Crippen LogP contribution in [0.25, 0.3) is 0 Å². The quantitative estimate of drug-likeness (QED) is 0.599. The molecule has 0 unspecified atom stereocenters. The van der Waals surface area contributed by atoms with E-state index in [9.17, 15) is 9.90 Å². The van der Waals surface area contributed by atoms with Gasteiger partial charge < -0.3 is 28.0 Å². The van der Waals surface area contributed by atoms with Gasteiger partial charge in [-0.1, -0.05) is 18.2 Å². The normalized spacial score (nSPS) is 10.3. The largest absolute Gasteiger partial charge is 1.00 e. The zero-order valence-electron chi connectivity index (χ0n) is 13.6. The molecule has 2 aromatic rings. The standard InChI is InChI=1S/C17H18O4P.Li/c1-3-20-14-9-10-16(15(11-14)21-4-2)22-17(19)12-5-7-13(18)8-6-12;/h5-11,18H,3-4H2,1-2H3;/q-1;+1. The molecule has 2 rings (SSSR count). The van der Waals surface area contributed by atoms with Crippen LogP contribution in [0.3, 0.4) is 0 Å². The molecule has 0 saturated carbocycles. The Bertz CT molecular complexity index is 644. The Balaban J connectivity index is 0.00000264. The summed E-state index contributed by atoms with van der Waals surface area (Å²) in [7, 11) is 0.527. The van der Waals surface area contributed by atoms with E-state index >= 15 is 0 Å². The van der Waals surface area contributed by atoms with Crippen LogP contribution < -0.4 is 33.6 Å².